The number of allylic oxidation sites excluding steroid dienone is 1. The second-order valence-corrected chi connectivity index (χ2v) is 6.11. The van der Waals surface area contributed by atoms with Gasteiger partial charge in [0.1, 0.15) is 11.7 Å². The van der Waals surface area contributed by atoms with E-state index in [9.17, 15) is 26.3 Å². The van der Waals surface area contributed by atoms with Crippen LogP contribution in [-0.4, -0.2) is 12.7 Å². The zero-order valence-corrected chi connectivity index (χ0v) is 15.5. The molecule has 0 spiro atoms. The zero-order chi connectivity index (χ0) is 21.0. The number of rotatable bonds is 6. The lowest BCUT2D eigenvalue weighted by atomic mass is 10.0. The number of anilines is 1. The largest absolute Gasteiger partial charge is 0.416 e. The maximum Gasteiger partial charge on any atom is 0.416 e. The molecular weight excluding hydrogens is 370 g/mol. The Morgan fingerprint density at radius 1 is 1.19 bits per heavy atom. The van der Waals surface area contributed by atoms with Crippen molar-refractivity contribution in [2.45, 2.75) is 45.8 Å². The normalized spacial score (nSPS) is 12.7. The Morgan fingerprint density at radius 3 is 2.15 bits per heavy atom. The topological polar surface area (TPSA) is 7.60 Å². The van der Waals surface area contributed by atoms with Gasteiger partial charge in [0.05, 0.1) is 17.4 Å². The van der Waals surface area contributed by atoms with Gasteiger partial charge in [0, 0.05) is 5.56 Å². The molecule has 1 aromatic rings. The Kier molecular flexibility index (Phi) is 7.12. The minimum Gasteiger partial charge on any atom is -0.244 e. The Hall–Kier alpha value is -2.43. The Bertz CT molecular complexity index is 780. The number of halogens is 6. The fourth-order valence-corrected chi connectivity index (χ4v) is 2.60. The highest BCUT2D eigenvalue weighted by molar-refractivity contribution is 5.57. The molecule has 1 atom stereocenters. The number of nitrogens with zero attached hydrogens (tertiary/aromatic N) is 2. The van der Waals surface area contributed by atoms with Crippen LogP contribution in [0.3, 0.4) is 0 Å². The van der Waals surface area contributed by atoms with Crippen LogP contribution in [0, 0.1) is 6.07 Å². The minimum atomic E-state index is -4.89. The van der Waals surface area contributed by atoms with E-state index in [-0.39, 0.29) is 11.8 Å². The first-order valence-electron chi connectivity index (χ1n) is 8.02. The van der Waals surface area contributed by atoms with Gasteiger partial charge in [-0.05, 0) is 49.6 Å². The van der Waals surface area contributed by atoms with Crippen molar-refractivity contribution in [3.8, 4) is 6.07 Å². The molecule has 0 radical (unpaired) electrons. The monoisotopic (exact) mass is 391 g/mol. The molecule has 1 aromatic carbocycles. The van der Waals surface area contributed by atoms with Gasteiger partial charge in [0.25, 0.3) is 0 Å². The van der Waals surface area contributed by atoms with Crippen LogP contribution in [0.1, 0.15) is 38.8 Å². The molecule has 0 saturated heterocycles. The van der Waals surface area contributed by atoms with Gasteiger partial charge in [-0.3, -0.25) is 0 Å². The average Bonchev–Trinajstić information content (AvgIpc) is 2.58. The summed E-state index contributed by atoms with van der Waals surface area (Å²) in [5.41, 5.74) is -1.16. The Balaban J connectivity index is 3.72. The van der Waals surface area contributed by atoms with Crippen LogP contribution in [0.15, 0.2) is 42.0 Å². The van der Waals surface area contributed by atoms with E-state index in [2.05, 4.69) is 17.6 Å². The van der Waals surface area contributed by atoms with Crippen LogP contribution in [0.4, 0.5) is 32.0 Å². The Labute approximate surface area is 154 Å². The number of benzene rings is 1. The van der Waals surface area contributed by atoms with Crippen LogP contribution in [0.2, 0.25) is 0 Å². The predicted molar refractivity (Wildman–Crippen MR) is 94.7 cm³/mol. The summed E-state index contributed by atoms with van der Waals surface area (Å²) in [6, 6.07) is 3.58. The van der Waals surface area contributed by atoms with Crippen molar-refractivity contribution in [2.24, 2.45) is 0 Å². The van der Waals surface area contributed by atoms with Crippen LogP contribution in [0.25, 0.3) is 4.95 Å². The number of hydrogen-bond donors (Lipinski definition) is 0. The summed E-state index contributed by atoms with van der Waals surface area (Å²) in [6.45, 7) is 8.17. The van der Waals surface area contributed by atoms with Crippen molar-refractivity contribution < 1.29 is 26.3 Å². The maximum atomic E-state index is 13.8. The predicted octanol–water partition coefficient (Wildman–Crippen LogP) is 6.75. The summed E-state index contributed by atoms with van der Waals surface area (Å²) >= 11 is 0. The molecule has 0 bridgehead atoms. The molecule has 0 aromatic heterocycles. The summed E-state index contributed by atoms with van der Waals surface area (Å²) in [4.78, 5) is 3.91. The molecule has 0 amide bonds. The van der Waals surface area contributed by atoms with E-state index >= 15 is 0 Å². The van der Waals surface area contributed by atoms with Gasteiger partial charge in [-0.25, -0.2) is 4.39 Å². The van der Waals surface area contributed by atoms with Crippen molar-refractivity contribution in [1.29, 1.82) is 0 Å². The zero-order valence-electron chi connectivity index (χ0n) is 15.5. The van der Waals surface area contributed by atoms with Gasteiger partial charge in [0.2, 0.25) is 0 Å². The molecule has 0 aliphatic carbocycles. The fourth-order valence-electron chi connectivity index (χ4n) is 2.60. The Morgan fingerprint density at radius 2 is 1.74 bits per heavy atom. The van der Waals surface area contributed by atoms with Crippen molar-refractivity contribution in [3.63, 3.8) is 0 Å². The van der Waals surface area contributed by atoms with Crippen LogP contribution in [-0.2, 0) is 12.1 Å². The second-order valence-electron chi connectivity index (χ2n) is 6.11. The van der Waals surface area contributed by atoms with E-state index in [1.165, 1.54) is 13.0 Å². The molecule has 1 unspecified atom stereocenters. The lowest BCUT2D eigenvalue weighted by Gasteiger charge is -2.21. The average molecular weight is 391 g/mol. The third-order valence-electron chi connectivity index (χ3n) is 3.92. The van der Waals surface area contributed by atoms with Crippen molar-refractivity contribution in [3.05, 3.63) is 58.1 Å². The van der Waals surface area contributed by atoms with Crippen LogP contribution < -0.4 is 5.01 Å². The molecule has 0 saturated carbocycles. The molecule has 1 rings (SSSR count). The molecule has 148 valence electrons. The quantitative estimate of drug-likeness (QED) is 0.296. The standard InChI is InChI=1S/C19H21F6N2/c1-6-17(12(3)4)13(5)27(26-7-2)16-9-14(18(21,22)11-20)8-15(10-16)19(23,24)25/h6,8-10,13H,1,11H2,2-5H3/q+1. The van der Waals surface area contributed by atoms with E-state index in [1.54, 1.807) is 20.8 Å². The molecule has 27 heavy (non-hydrogen) atoms. The van der Waals surface area contributed by atoms with E-state index in [0.717, 1.165) is 16.6 Å². The highest BCUT2D eigenvalue weighted by Gasteiger charge is 2.39. The van der Waals surface area contributed by atoms with Gasteiger partial charge in [-0.1, -0.05) is 18.2 Å². The minimum absolute atomic E-state index is 0.251. The smallest absolute Gasteiger partial charge is 0.244 e. The molecular formula is C19H21F6N2+. The number of alkyl halides is 6. The van der Waals surface area contributed by atoms with Gasteiger partial charge < -0.3 is 0 Å². The first-order valence-corrected chi connectivity index (χ1v) is 8.02. The highest BCUT2D eigenvalue weighted by Crippen LogP contribution is 2.39. The highest BCUT2D eigenvalue weighted by atomic mass is 19.4. The van der Waals surface area contributed by atoms with Crippen molar-refractivity contribution >= 4 is 5.69 Å². The third-order valence-corrected chi connectivity index (χ3v) is 3.92. The SMILES string of the molecule is C=CC(=C(C)C)C(C)N([N+]#CC)c1cc(C(F)(F)F)cc(C(F)(F)CF)c1. The molecule has 8 heteroatoms. The molecule has 0 fully saturated rings. The number of hydrogen-bond acceptors (Lipinski definition) is 1. The summed E-state index contributed by atoms with van der Waals surface area (Å²) in [6.07, 6.45) is -3.37. The first kappa shape index (κ1) is 22.6. The third kappa shape index (κ3) is 5.28. The van der Waals surface area contributed by atoms with E-state index in [0.29, 0.717) is 11.6 Å². The van der Waals surface area contributed by atoms with Crippen LogP contribution >= 0.6 is 0 Å². The summed E-state index contributed by atoms with van der Waals surface area (Å²) in [5.74, 6) is -4.05. The molecule has 0 aliphatic heterocycles. The van der Waals surface area contributed by atoms with Crippen LogP contribution in [0.5, 0.6) is 0 Å². The maximum absolute atomic E-state index is 13.8. The van der Waals surface area contributed by atoms with Crippen molar-refractivity contribution in [2.75, 3.05) is 11.7 Å². The summed E-state index contributed by atoms with van der Waals surface area (Å²) in [7, 11) is 0. The summed E-state index contributed by atoms with van der Waals surface area (Å²) < 4.78 is 80.0. The fraction of sp³-hybridized carbons (Fsp3) is 0.421. The van der Waals surface area contributed by atoms with E-state index in [1.807, 2.05) is 0 Å². The first-order chi connectivity index (χ1) is 12.4. The van der Waals surface area contributed by atoms with Crippen molar-refractivity contribution in [1.82, 2.24) is 0 Å². The molecule has 0 aliphatic rings. The lowest BCUT2D eigenvalue weighted by molar-refractivity contribution is -0.137. The van der Waals surface area contributed by atoms with Gasteiger partial charge in [-0.2, -0.15) is 22.0 Å². The molecule has 0 heterocycles. The van der Waals surface area contributed by atoms with Gasteiger partial charge in [-0.15, -0.1) is 0 Å². The second kappa shape index (κ2) is 8.51. The van der Waals surface area contributed by atoms with Gasteiger partial charge in [0.15, 0.2) is 6.67 Å². The van der Waals surface area contributed by atoms with E-state index in [4.69, 9.17) is 0 Å². The molecule has 2 nitrogen and oxygen atoms in total. The van der Waals surface area contributed by atoms with Gasteiger partial charge >= 0.3 is 18.2 Å². The molecule has 0 N–H and O–H groups in total. The lowest BCUT2D eigenvalue weighted by Crippen LogP contribution is -2.29. The van der Waals surface area contributed by atoms with E-state index < -0.39 is 35.9 Å². The summed E-state index contributed by atoms with van der Waals surface area (Å²) in [5, 5.41) is 1.12.